The SMILES string of the molecule is CCOC(=O)Nc1cccc(N2C(N)=NC(N)=NC23CCCCC3)c1. The molecule has 0 saturated heterocycles. The summed E-state index contributed by atoms with van der Waals surface area (Å²) in [5, 5.41) is 2.71. The summed E-state index contributed by atoms with van der Waals surface area (Å²) in [7, 11) is 0. The maximum Gasteiger partial charge on any atom is 0.411 e. The van der Waals surface area contributed by atoms with Crippen molar-refractivity contribution in [2.75, 3.05) is 16.8 Å². The Kier molecular flexibility index (Phi) is 4.78. The molecular weight excluding hydrogens is 320 g/mol. The molecule has 0 aromatic heterocycles. The zero-order valence-electron chi connectivity index (χ0n) is 14.4. The largest absolute Gasteiger partial charge is 0.450 e. The van der Waals surface area contributed by atoms with Gasteiger partial charge in [-0.1, -0.05) is 12.5 Å². The number of nitrogens with zero attached hydrogens (tertiary/aromatic N) is 3. The van der Waals surface area contributed by atoms with Crippen molar-refractivity contribution >= 4 is 29.4 Å². The van der Waals surface area contributed by atoms with Gasteiger partial charge in [0.2, 0.25) is 11.9 Å². The molecule has 0 unspecified atom stereocenters. The van der Waals surface area contributed by atoms with Crippen LogP contribution in [0.2, 0.25) is 0 Å². The van der Waals surface area contributed by atoms with E-state index in [4.69, 9.17) is 16.2 Å². The number of rotatable bonds is 3. The molecule has 1 aliphatic heterocycles. The predicted octanol–water partition coefficient (Wildman–Crippen LogP) is 2.36. The number of hydrogen-bond acceptors (Lipinski definition) is 7. The van der Waals surface area contributed by atoms with E-state index in [0.717, 1.165) is 31.4 Å². The lowest BCUT2D eigenvalue weighted by Crippen LogP contribution is -2.58. The molecule has 25 heavy (non-hydrogen) atoms. The Labute approximate surface area is 146 Å². The average Bonchev–Trinajstić information content (AvgIpc) is 2.55. The zero-order chi connectivity index (χ0) is 17.9. The van der Waals surface area contributed by atoms with E-state index in [-0.39, 0.29) is 5.96 Å². The molecule has 2 aliphatic rings. The van der Waals surface area contributed by atoms with E-state index in [2.05, 4.69) is 15.3 Å². The number of anilines is 2. The first-order valence-electron chi connectivity index (χ1n) is 8.58. The van der Waals surface area contributed by atoms with Crippen LogP contribution in [0.15, 0.2) is 34.3 Å². The molecule has 1 aliphatic carbocycles. The summed E-state index contributed by atoms with van der Waals surface area (Å²) < 4.78 is 4.93. The smallest absolute Gasteiger partial charge is 0.411 e. The van der Waals surface area contributed by atoms with Crippen molar-refractivity contribution in [3.63, 3.8) is 0 Å². The van der Waals surface area contributed by atoms with Crippen LogP contribution >= 0.6 is 0 Å². The Morgan fingerprint density at radius 1 is 1.32 bits per heavy atom. The predicted molar refractivity (Wildman–Crippen MR) is 98.6 cm³/mol. The Hall–Kier alpha value is -2.77. The summed E-state index contributed by atoms with van der Waals surface area (Å²) in [5.74, 6) is 0.541. The number of carbonyl (C=O) groups excluding carboxylic acids is 1. The topological polar surface area (TPSA) is 118 Å². The van der Waals surface area contributed by atoms with E-state index >= 15 is 0 Å². The number of amides is 1. The first-order chi connectivity index (χ1) is 12.0. The van der Waals surface area contributed by atoms with Crippen molar-refractivity contribution in [1.82, 2.24) is 0 Å². The molecule has 3 rings (SSSR count). The van der Waals surface area contributed by atoms with Gasteiger partial charge in [0.25, 0.3) is 0 Å². The van der Waals surface area contributed by atoms with Crippen LogP contribution in [0.4, 0.5) is 16.2 Å². The van der Waals surface area contributed by atoms with Gasteiger partial charge in [0.15, 0.2) is 0 Å². The fraction of sp³-hybridized carbons (Fsp3) is 0.471. The van der Waals surface area contributed by atoms with Crippen molar-refractivity contribution < 1.29 is 9.53 Å². The number of ether oxygens (including phenoxy) is 1. The Morgan fingerprint density at radius 3 is 2.80 bits per heavy atom. The molecule has 1 amide bonds. The van der Waals surface area contributed by atoms with Gasteiger partial charge in [0.05, 0.1) is 6.61 Å². The highest BCUT2D eigenvalue weighted by molar-refractivity contribution is 6.06. The van der Waals surface area contributed by atoms with Crippen LogP contribution < -0.4 is 21.7 Å². The highest BCUT2D eigenvalue weighted by atomic mass is 16.5. The summed E-state index contributed by atoms with van der Waals surface area (Å²) in [6.07, 6.45) is 4.52. The minimum atomic E-state index is -0.503. The van der Waals surface area contributed by atoms with E-state index in [0.29, 0.717) is 18.3 Å². The molecule has 1 saturated carbocycles. The molecule has 1 aromatic rings. The van der Waals surface area contributed by atoms with Gasteiger partial charge in [-0.15, -0.1) is 0 Å². The Bertz CT molecular complexity index is 709. The summed E-state index contributed by atoms with van der Waals surface area (Å²) in [6.45, 7) is 2.07. The van der Waals surface area contributed by atoms with E-state index in [1.807, 2.05) is 23.1 Å². The van der Waals surface area contributed by atoms with E-state index in [1.165, 1.54) is 6.42 Å². The Morgan fingerprint density at radius 2 is 2.08 bits per heavy atom. The summed E-state index contributed by atoms with van der Waals surface area (Å²) in [4.78, 5) is 22.4. The van der Waals surface area contributed by atoms with Crippen LogP contribution in [-0.2, 0) is 4.74 Å². The quantitative estimate of drug-likeness (QED) is 0.778. The number of nitrogens with one attached hydrogen (secondary N) is 1. The van der Waals surface area contributed by atoms with Crippen molar-refractivity contribution in [1.29, 1.82) is 0 Å². The molecule has 1 fully saturated rings. The van der Waals surface area contributed by atoms with Gasteiger partial charge < -0.3 is 16.2 Å². The second-order valence-corrected chi connectivity index (χ2v) is 6.21. The van der Waals surface area contributed by atoms with Gasteiger partial charge in [-0.3, -0.25) is 10.2 Å². The molecule has 1 spiro atoms. The Balaban J connectivity index is 1.93. The number of nitrogens with two attached hydrogens (primary N) is 2. The van der Waals surface area contributed by atoms with E-state index in [9.17, 15) is 4.79 Å². The molecular formula is C17H24N6O2. The number of guanidine groups is 2. The minimum Gasteiger partial charge on any atom is -0.450 e. The average molecular weight is 344 g/mol. The van der Waals surface area contributed by atoms with E-state index < -0.39 is 11.8 Å². The van der Waals surface area contributed by atoms with Crippen LogP contribution in [0.3, 0.4) is 0 Å². The number of benzene rings is 1. The van der Waals surface area contributed by atoms with Crippen LogP contribution in [0.5, 0.6) is 0 Å². The third-order valence-electron chi connectivity index (χ3n) is 4.48. The highest BCUT2D eigenvalue weighted by Gasteiger charge is 2.42. The summed E-state index contributed by atoms with van der Waals surface area (Å²) >= 11 is 0. The van der Waals surface area contributed by atoms with Crippen LogP contribution in [0.25, 0.3) is 0 Å². The molecule has 0 atom stereocenters. The molecule has 1 aromatic carbocycles. The van der Waals surface area contributed by atoms with Gasteiger partial charge in [-0.05, 0) is 50.8 Å². The van der Waals surface area contributed by atoms with Crippen LogP contribution in [0.1, 0.15) is 39.0 Å². The van der Waals surface area contributed by atoms with Gasteiger partial charge in [0.1, 0.15) is 5.66 Å². The van der Waals surface area contributed by atoms with Crippen molar-refractivity contribution in [2.45, 2.75) is 44.7 Å². The van der Waals surface area contributed by atoms with Gasteiger partial charge in [0, 0.05) is 11.4 Å². The van der Waals surface area contributed by atoms with Gasteiger partial charge in [-0.2, -0.15) is 4.99 Å². The number of hydrogen-bond donors (Lipinski definition) is 3. The maximum absolute atomic E-state index is 11.7. The lowest BCUT2D eigenvalue weighted by Gasteiger charge is -2.45. The first-order valence-corrected chi connectivity index (χ1v) is 8.58. The lowest BCUT2D eigenvalue weighted by molar-refractivity contribution is 0.168. The van der Waals surface area contributed by atoms with E-state index in [1.54, 1.807) is 13.0 Å². The monoisotopic (exact) mass is 344 g/mol. The summed E-state index contributed by atoms with van der Waals surface area (Å²) in [5.41, 5.74) is 13.0. The van der Waals surface area contributed by atoms with Crippen LogP contribution in [-0.4, -0.2) is 30.3 Å². The first kappa shape index (κ1) is 17.1. The summed E-state index contributed by atoms with van der Waals surface area (Å²) in [6, 6.07) is 7.41. The fourth-order valence-electron chi connectivity index (χ4n) is 3.50. The van der Waals surface area contributed by atoms with Crippen molar-refractivity contribution in [2.24, 2.45) is 21.5 Å². The molecule has 1 heterocycles. The van der Waals surface area contributed by atoms with Crippen LogP contribution in [0, 0.1) is 0 Å². The number of aliphatic imine (C=N–C) groups is 2. The number of carbonyl (C=O) groups is 1. The normalized spacial score (nSPS) is 19.2. The lowest BCUT2D eigenvalue weighted by atomic mass is 9.87. The maximum atomic E-state index is 11.7. The minimum absolute atomic E-state index is 0.219. The second kappa shape index (κ2) is 7.00. The molecule has 8 heteroatoms. The fourth-order valence-corrected chi connectivity index (χ4v) is 3.50. The molecule has 5 N–H and O–H groups in total. The van der Waals surface area contributed by atoms with Gasteiger partial charge >= 0.3 is 6.09 Å². The third-order valence-corrected chi connectivity index (χ3v) is 4.48. The van der Waals surface area contributed by atoms with Crippen molar-refractivity contribution in [3.05, 3.63) is 24.3 Å². The van der Waals surface area contributed by atoms with Gasteiger partial charge in [-0.25, -0.2) is 9.79 Å². The molecule has 0 bridgehead atoms. The molecule has 0 radical (unpaired) electrons. The second-order valence-electron chi connectivity index (χ2n) is 6.21. The molecule has 8 nitrogen and oxygen atoms in total. The standard InChI is InChI=1S/C17H24N6O2/c1-2-25-16(24)20-12-7-6-8-13(11-12)23-15(19)21-14(18)22-17(23)9-4-3-5-10-17/h6-8,11H,2-5,9-10H2,1H3,(H,20,24)(H4,18,19,21,22). The molecule has 134 valence electrons. The highest BCUT2D eigenvalue weighted by Crippen LogP contribution is 2.39. The van der Waals surface area contributed by atoms with Crippen molar-refractivity contribution in [3.8, 4) is 0 Å². The zero-order valence-corrected chi connectivity index (χ0v) is 14.4. The third kappa shape index (κ3) is 3.52.